The van der Waals surface area contributed by atoms with E-state index in [1.165, 1.54) is 0 Å². The number of halogens is 6. The van der Waals surface area contributed by atoms with Crippen molar-refractivity contribution >= 4 is 17.3 Å². The van der Waals surface area contributed by atoms with Crippen LogP contribution in [-0.2, 0) is 12.1 Å². The maximum absolute atomic E-state index is 12.5. The van der Waals surface area contributed by atoms with Gasteiger partial charge in [0.2, 0.25) is 0 Å². The Morgan fingerprint density at radius 3 is 2.31 bits per heavy atom. The summed E-state index contributed by atoms with van der Waals surface area (Å²) in [6, 6.07) is 0. The molecule has 0 spiro atoms. The van der Waals surface area contributed by atoms with Gasteiger partial charge < -0.3 is 5.73 Å². The van der Waals surface area contributed by atoms with Crippen LogP contribution in [0.4, 0.5) is 27.6 Å². The van der Waals surface area contributed by atoms with Gasteiger partial charge in [-0.05, 0) is 0 Å². The molecule has 16 heavy (non-hydrogen) atoms. The lowest BCUT2D eigenvalue weighted by Crippen LogP contribution is -2.16. The second-order valence-corrected chi connectivity index (χ2v) is 3.15. The highest BCUT2D eigenvalue weighted by Crippen LogP contribution is 2.39. The molecule has 0 aliphatic rings. The van der Waals surface area contributed by atoms with E-state index in [9.17, 15) is 22.0 Å². The monoisotopic (exact) mass is 260 g/mol. The molecule has 0 amide bonds. The van der Waals surface area contributed by atoms with Gasteiger partial charge in [-0.3, -0.25) is 4.98 Å². The first-order valence-corrected chi connectivity index (χ1v) is 4.51. The summed E-state index contributed by atoms with van der Waals surface area (Å²) in [7, 11) is 0. The summed E-state index contributed by atoms with van der Waals surface area (Å²) in [5, 5.41) is 0. The van der Waals surface area contributed by atoms with E-state index in [4.69, 9.17) is 17.3 Å². The third-order valence-corrected chi connectivity index (χ3v) is 2.14. The van der Waals surface area contributed by atoms with Gasteiger partial charge in [0, 0.05) is 5.56 Å². The molecule has 0 saturated carbocycles. The molecule has 1 rings (SSSR count). The van der Waals surface area contributed by atoms with Gasteiger partial charge in [0.15, 0.2) is 0 Å². The molecule has 0 aromatic carbocycles. The van der Waals surface area contributed by atoms with Gasteiger partial charge in [-0.1, -0.05) is 0 Å². The molecule has 0 atom stereocenters. The van der Waals surface area contributed by atoms with E-state index >= 15 is 0 Å². The number of nitrogen functional groups attached to an aromatic ring is 1. The number of pyridine rings is 1. The van der Waals surface area contributed by atoms with Crippen molar-refractivity contribution in [1.82, 2.24) is 4.98 Å². The fourth-order valence-electron chi connectivity index (χ4n) is 1.21. The van der Waals surface area contributed by atoms with Crippen molar-refractivity contribution < 1.29 is 22.0 Å². The second kappa shape index (κ2) is 4.40. The van der Waals surface area contributed by atoms with Crippen molar-refractivity contribution in [1.29, 1.82) is 0 Å². The summed E-state index contributed by atoms with van der Waals surface area (Å²) in [6.45, 7) is 0. The number of nitrogens with zero attached hydrogens (tertiary/aromatic N) is 1. The third kappa shape index (κ3) is 2.34. The number of nitrogens with two attached hydrogens (primary N) is 1. The van der Waals surface area contributed by atoms with E-state index in [1.807, 2.05) is 0 Å². The van der Waals surface area contributed by atoms with Gasteiger partial charge >= 0.3 is 6.18 Å². The van der Waals surface area contributed by atoms with E-state index in [0.717, 1.165) is 6.20 Å². The lowest BCUT2D eigenvalue weighted by molar-refractivity contribution is -0.140. The molecule has 0 saturated heterocycles. The average Bonchev–Trinajstić information content (AvgIpc) is 2.15. The molecule has 1 heterocycles. The summed E-state index contributed by atoms with van der Waals surface area (Å²) < 4.78 is 62.4. The van der Waals surface area contributed by atoms with Crippen LogP contribution in [-0.4, -0.2) is 4.98 Å². The first-order chi connectivity index (χ1) is 7.29. The van der Waals surface area contributed by atoms with Crippen molar-refractivity contribution in [2.75, 3.05) is 5.73 Å². The first-order valence-electron chi connectivity index (χ1n) is 3.97. The molecular weight excluding hydrogens is 255 g/mol. The Morgan fingerprint density at radius 1 is 1.38 bits per heavy atom. The van der Waals surface area contributed by atoms with Crippen molar-refractivity contribution in [2.45, 2.75) is 18.5 Å². The Labute approximate surface area is 92.2 Å². The maximum atomic E-state index is 12.5. The third-order valence-electron chi connectivity index (χ3n) is 1.87. The van der Waals surface area contributed by atoms with Gasteiger partial charge in [-0.25, -0.2) is 8.78 Å². The Morgan fingerprint density at radius 2 is 1.94 bits per heavy atom. The zero-order valence-corrected chi connectivity index (χ0v) is 8.41. The van der Waals surface area contributed by atoms with E-state index in [-0.39, 0.29) is 5.69 Å². The smallest absolute Gasteiger partial charge is 0.397 e. The highest BCUT2D eigenvalue weighted by atomic mass is 35.5. The predicted octanol–water partition coefficient (Wildman–Crippen LogP) is 3.36. The van der Waals surface area contributed by atoms with Gasteiger partial charge in [-0.15, -0.1) is 11.6 Å². The number of anilines is 1. The molecule has 1 aromatic heterocycles. The molecule has 8 heteroatoms. The van der Waals surface area contributed by atoms with Crippen LogP contribution >= 0.6 is 11.6 Å². The lowest BCUT2D eigenvalue weighted by Gasteiger charge is -2.16. The molecular formula is C8H6ClF5N2. The summed E-state index contributed by atoms with van der Waals surface area (Å²) in [6.07, 6.45) is -7.55. The Balaban J connectivity index is 3.54. The zero-order valence-electron chi connectivity index (χ0n) is 7.65. The average molecular weight is 261 g/mol. The Hall–Kier alpha value is -1.11. The standard InChI is InChI=1S/C8H6ClF5N2/c9-1-3-4(15)2-16-6(7(10)11)5(3)8(12,13)14/h2,7H,1,15H2. The SMILES string of the molecule is Nc1cnc(C(F)F)c(C(F)(F)F)c1CCl. The molecule has 2 N–H and O–H groups in total. The van der Waals surface area contributed by atoms with Crippen molar-refractivity contribution in [2.24, 2.45) is 0 Å². The minimum absolute atomic E-state index is 0.355. The summed E-state index contributed by atoms with van der Waals surface area (Å²) in [5.41, 5.74) is 1.39. The number of alkyl halides is 6. The molecule has 90 valence electrons. The quantitative estimate of drug-likeness (QED) is 0.654. The van der Waals surface area contributed by atoms with Crippen molar-refractivity contribution in [3.05, 3.63) is 23.0 Å². The summed E-state index contributed by atoms with van der Waals surface area (Å²) in [4.78, 5) is 3.00. The van der Waals surface area contributed by atoms with Crippen LogP contribution in [0.1, 0.15) is 23.2 Å². The van der Waals surface area contributed by atoms with Gasteiger partial charge in [0.1, 0.15) is 5.69 Å². The van der Waals surface area contributed by atoms with E-state index in [1.54, 1.807) is 0 Å². The molecule has 0 aliphatic heterocycles. The largest absolute Gasteiger partial charge is 0.418 e. The summed E-state index contributed by atoms with van der Waals surface area (Å²) >= 11 is 5.27. The van der Waals surface area contributed by atoms with Crippen LogP contribution in [0.15, 0.2) is 6.20 Å². The molecule has 0 radical (unpaired) electrons. The van der Waals surface area contributed by atoms with Crippen LogP contribution in [0.3, 0.4) is 0 Å². The van der Waals surface area contributed by atoms with E-state index in [2.05, 4.69) is 4.98 Å². The summed E-state index contributed by atoms with van der Waals surface area (Å²) in [5.74, 6) is -0.608. The van der Waals surface area contributed by atoms with E-state index < -0.39 is 35.3 Å². The zero-order chi connectivity index (χ0) is 12.5. The molecule has 0 fully saturated rings. The molecule has 0 bridgehead atoms. The van der Waals surface area contributed by atoms with Crippen LogP contribution in [0.2, 0.25) is 0 Å². The maximum Gasteiger partial charge on any atom is 0.418 e. The molecule has 2 nitrogen and oxygen atoms in total. The Bertz CT molecular complexity index is 391. The van der Waals surface area contributed by atoms with Crippen LogP contribution in [0.25, 0.3) is 0 Å². The normalized spacial score (nSPS) is 12.2. The van der Waals surface area contributed by atoms with Crippen LogP contribution in [0, 0.1) is 0 Å². The fraction of sp³-hybridized carbons (Fsp3) is 0.375. The number of hydrogen-bond donors (Lipinski definition) is 1. The van der Waals surface area contributed by atoms with Crippen LogP contribution in [0.5, 0.6) is 0 Å². The number of hydrogen-bond acceptors (Lipinski definition) is 2. The topological polar surface area (TPSA) is 38.9 Å². The van der Waals surface area contributed by atoms with Gasteiger partial charge in [0.05, 0.1) is 23.3 Å². The van der Waals surface area contributed by atoms with Gasteiger partial charge in [-0.2, -0.15) is 13.2 Å². The highest BCUT2D eigenvalue weighted by molar-refractivity contribution is 6.17. The highest BCUT2D eigenvalue weighted by Gasteiger charge is 2.39. The number of rotatable bonds is 2. The van der Waals surface area contributed by atoms with Gasteiger partial charge in [0.25, 0.3) is 6.43 Å². The minimum atomic E-state index is -4.96. The van der Waals surface area contributed by atoms with Crippen molar-refractivity contribution in [3.8, 4) is 0 Å². The van der Waals surface area contributed by atoms with Crippen LogP contribution < -0.4 is 5.73 Å². The minimum Gasteiger partial charge on any atom is -0.397 e. The number of aromatic nitrogens is 1. The lowest BCUT2D eigenvalue weighted by atomic mass is 10.1. The first kappa shape index (κ1) is 13.0. The van der Waals surface area contributed by atoms with Crippen molar-refractivity contribution in [3.63, 3.8) is 0 Å². The van der Waals surface area contributed by atoms with E-state index in [0.29, 0.717) is 0 Å². The Kier molecular flexibility index (Phi) is 3.57. The molecule has 0 aliphatic carbocycles. The predicted molar refractivity (Wildman–Crippen MR) is 48.2 cm³/mol. The fourth-order valence-corrected chi connectivity index (χ4v) is 1.49. The molecule has 1 aromatic rings. The second-order valence-electron chi connectivity index (χ2n) is 2.88. The molecule has 0 unspecified atom stereocenters.